The molecule has 1 saturated carbocycles. The van der Waals surface area contributed by atoms with Gasteiger partial charge < -0.3 is 9.80 Å². The molecule has 1 saturated heterocycles. The van der Waals surface area contributed by atoms with Crippen molar-refractivity contribution < 1.29 is 18.0 Å². The molecule has 0 unspecified atom stereocenters. The van der Waals surface area contributed by atoms with Crippen LogP contribution in [0.1, 0.15) is 37.8 Å². The Balaban J connectivity index is 1.55. The molecule has 0 aromatic carbocycles. The standard InChI is InChI=1S/C15H20F3N3OS/c1-20(13(22)10-3-2-4-10)11-5-7-21(8-6-11)14-19-12(9-23-14)15(16,17)18/h9-11H,2-8H2,1H3. The zero-order chi connectivity index (χ0) is 16.6. The SMILES string of the molecule is CN(C(=O)C1CCC1)C1CCN(c2nc(C(F)(F)F)cs2)CC1. The fraction of sp³-hybridized carbons (Fsp3) is 0.733. The van der Waals surface area contributed by atoms with Crippen molar-refractivity contribution in [3.63, 3.8) is 0 Å². The number of thiazole rings is 1. The summed E-state index contributed by atoms with van der Waals surface area (Å²) in [4.78, 5) is 19.7. The lowest BCUT2D eigenvalue weighted by Gasteiger charge is -2.39. The fourth-order valence-electron chi connectivity index (χ4n) is 3.11. The van der Waals surface area contributed by atoms with Gasteiger partial charge in [0, 0.05) is 37.5 Å². The van der Waals surface area contributed by atoms with Gasteiger partial charge in [-0.05, 0) is 25.7 Å². The van der Waals surface area contributed by atoms with Crippen molar-refractivity contribution in [2.45, 2.75) is 44.3 Å². The van der Waals surface area contributed by atoms with Crippen molar-refractivity contribution >= 4 is 22.4 Å². The van der Waals surface area contributed by atoms with Crippen LogP contribution in [0.2, 0.25) is 0 Å². The van der Waals surface area contributed by atoms with Crippen LogP contribution >= 0.6 is 11.3 Å². The molecule has 3 rings (SSSR count). The lowest BCUT2D eigenvalue weighted by Crippen LogP contribution is -2.48. The Bertz CT molecular complexity index is 563. The first kappa shape index (κ1) is 16.5. The highest BCUT2D eigenvalue weighted by molar-refractivity contribution is 7.13. The molecule has 8 heteroatoms. The van der Waals surface area contributed by atoms with E-state index in [0.717, 1.165) is 48.8 Å². The first-order chi connectivity index (χ1) is 10.9. The Morgan fingerprint density at radius 2 is 1.96 bits per heavy atom. The molecule has 2 aliphatic rings. The van der Waals surface area contributed by atoms with E-state index >= 15 is 0 Å². The molecule has 2 heterocycles. The van der Waals surface area contributed by atoms with Crippen LogP contribution in [0, 0.1) is 5.92 Å². The Morgan fingerprint density at radius 1 is 1.30 bits per heavy atom. The molecule has 23 heavy (non-hydrogen) atoms. The number of alkyl halides is 3. The number of piperidine rings is 1. The lowest BCUT2D eigenvalue weighted by molar-refractivity contribution is -0.141. The Kier molecular flexibility index (Phi) is 4.53. The van der Waals surface area contributed by atoms with Crippen molar-refractivity contribution in [1.82, 2.24) is 9.88 Å². The quantitative estimate of drug-likeness (QED) is 0.841. The van der Waals surface area contributed by atoms with Crippen molar-refractivity contribution in [2.24, 2.45) is 5.92 Å². The number of hydrogen-bond donors (Lipinski definition) is 0. The minimum atomic E-state index is -4.39. The minimum Gasteiger partial charge on any atom is -0.348 e. The summed E-state index contributed by atoms with van der Waals surface area (Å²) in [5.41, 5.74) is -0.822. The number of halogens is 3. The normalized spacial score (nSPS) is 20.4. The average Bonchev–Trinajstić information content (AvgIpc) is 2.94. The van der Waals surface area contributed by atoms with Gasteiger partial charge in [-0.2, -0.15) is 13.2 Å². The summed E-state index contributed by atoms with van der Waals surface area (Å²) in [6.07, 6.45) is 0.269. The van der Waals surface area contributed by atoms with Crippen molar-refractivity contribution in [3.05, 3.63) is 11.1 Å². The Morgan fingerprint density at radius 3 is 2.43 bits per heavy atom. The molecule has 2 fully saturated rings. The topological polar surface area (TPSA) is 36.4 Å². The molecule has 1 aromatic heterocycles. The molecule has 0 N–H and O–H groups in total. The van der Waals surface area contributed by atoms with E-state index in [-0.39, 0.29) is 17.9 Å². The summed E-state index contributed by atoms with van der Waals surface area (Å²) in [5, 5.41) is 1.48. The molecule has 1 aliphatic heterocycles. The molecule has 0 radical (unpaired) electrons. The molecule has 1 amide bonds. The summed E-state index contributed by atoms with van der Waals surface area (Å²) in [5.74, 6) is 0.412. The number of anilines is 1. The Hall–Kier alpha value is -1.31. The molecule has 0 bridgehead atoms. The van der Waals surface area contributed by atoms with Crippen molar-refractivity contribution in [2.75, 3.05) is 25.0 Å². The molecule has 1 aromatic rings. The van der Waals surface area contributed by atoms with Gasteiger partial charge in [-0.3, -0.25) is 4.79 Å². The van der Waals surface area contributed by atoms with Gasteiger partial charge in [0.1, 0.15) is 0 Å². The van der Waals surface area contributed by atoms with Crippen LogP contribution in [0.25, 0.3) is 0 Å². The van der Waals surface area contributed by atoms with Crippen LogP contribution in [-0.4, -0.2) is 42.0 Å². The van der Waals surface area contributed by atoms with Crippen LogP contribution in [-0.2, 0) is 11.0 Å². The second-order valence-electron chi connectivity index (χ2n) is 6.31. The van der Waals surface area contributed by atoms with E-state index in [1.54, 1.807) is 0 Å². The summed E-state index contributed by atoms with van der Waals surface area (Å²) < 4.78 is 37.9. The second kappa shape index (κ2) is 6.30. The number of rotatable bonds is 3. The maximum absolute atomic E-state index is 12.6. The molecule has 128 valence electrons. The summed E-state index contributed by atoms with van der Waals surface area (Å²) >= 11 is 1.03. The maximum Gasteiger partial charge on any atom is 0.434 e. The molecular formula is C15H20F3N3OS. The van der Waals surface area contributed by atoms with Crippen LogP contribution in [0.15, 0.2) is 5.38 Å². The predicted octanol–water partition coefficient (Wildman–Crippen LogP) is 3.39. The van der Waals surface area contributed by atoms with E-state index in [0.29, 0.717) is 18.2 Å². The second-order valence-corrected chi connectivity index (χ2v) is 7.14. The van der Waals surface area contributed by atoms with Gasteiger partial charge in [-0.25, -0.2) is 4.98 Å². The van der Waals surface area contributed by atoms with Gasteiger partial charge in [-0.1, -0.05) is 6.42 Å². The van der Waals surface area contributed by atoms with E-state index in [4.69, 9.17) is 0 Å². The van der Waals surface area contributed by atoms with E-state index in [1.165, 1.54) is 0 Å². The fourth-order valence-corrected chi connectivity index (χ4v) is 3.99. The van der Waals surface area contributed by atoms with Crippen LogP contribution in [0.4, 0.5) is 18.3 Å². The lowest BCUT2D eigenvalue weighted by atomic mass is 9.84. The van der Waals surface area contributed by atoms with Gasteiger partial charge in [0.2, 0.25) is 5.91 Å². The third-order valence-electron chi connectivity index (χ3n) is 4.87. The highest BCUT2D eigenvalue weighted by atomic mass is 32.1. The number of aromatic nitrogens is 1. The number of amides is 1. The van der Waals surface area contributed by atoms with E-state index in [1.807, 2.05) is 16.8 Å². The van der Waals surface area contributed by atoms with Crippen LogP contribution in [0.5, 0.6) is 0 Å². The van der Waals surface area contributed by atoms with Crippen molar-refractivity contribution in [3.8, 4) is 0 Å². The number of nitrogens with zero attached hydrogens (tertiary/aromatic N) is 3. The van der Waals surface area contributed by atoms with Gasteiger partial charge in [-0.15, -0.1) is 11.3 Å². The van der Waals surface area contributed by atoms with Gasteiger partial charge in [0.25, 0.3) is 0 Å². The number of carbonyl (C=O) groups excluding carboxylic acids is 1. The minimum absolute atomic E-state index is 0.182. The van der Waals surface area contributed by atoms with Gasteiger partial charge in [0.15, 0.2) is 10.8 Å². The smallest absolute Gasteiger partial charge is 0.348 e. The van der Waals surface area contributed by atoms with Gasteiger partial charge in [0.05, 0.1) is 0 Å². The van der Waals surface area contributed by atoms with Gasteiger partial charge >= 0.3 is 6.18 Å². The zero-order valence-electron chi connectivity index (χ0n) is 13.0. The summed E-state index contributed by atoms with van der Waals surface area (Å²) in [6.45, 7) is 1.27. The molecule has 0 spiro atoms. The molecule has 0 atom stereocenters. The molecular weight excluding hydrogens is 327 g/mol. The highest BCUT2D eigenvalue weighted by Gasteiger charge is 2.36. The maximum atomic E-state index is 12.6. The first-order valence-corrected chi connectivity index (χ1v) is 8.78. The number of carbonyl (C=O) groups is 1. The number of hydrogen-bond acceptors (Lipinski definition) is 4. The largest absolute Gasteiger partial charge is 0.434 e. The monoisotopic (exact) mass is 347 g/mol. The molecule has 4 nitrogen and oxygen atoms in total. The van der Waals surface area contributed by atoms with E-state index < -0.39 is 11.9 Å². The first-order valence-electron chi connectivity index (χ1n) is 7.90. The Labute approximate surface area is 137 Å². The van der Waals surface area contributed by atoms with E-state index in [2.05, 4.69) is 4.98 Å². The predicted molar refractivity (Wildman–Crippen MR) is 82.5 cm³/mol. The summed E-state index contributed by atoms with van der Waals surface area (Å²) in [6, 6.07) is 0.182. The van der Waals surface area contributed by atoms with Crippen LogP contribution < -0.4 is 4.90 Å². The van der Waals surface area contributed by atoms with Crippen molar-refractivity contribution in [1.29, 1.82) is 0 Å². The van der Waals surface area contributed by atoms with Crippen LogP contribution in [0.3, 0.4) is 0 Å². The summed E-state index contributed by atoms with van der Waals surface area (Å²) in [7, 11) is 1.85. The third kappa shape index (κ3) is 3.46. The zero-order valence-corrected chi connectivity index (χ0v) is 13.8. The van der Waals surface area contributed by atoms with E-state index in [9.17, 15) is 18.0 Å². The third-order valence-corrected chi connectivity index (χ3v) is 5.77. The highest BCUT2D eigenvalue weighted by Crippen LogP contribution is 2.34. The molecule has 1 aliphatic carbocycles. The average molecular weight is 347 g/mol.